The first-order valence-corrected chi connectivity index (χ1v) is 8.17. The van der Waals surface area contributed by atoms with Gasteiger partial charge in [-0.15, -0.1) is 0 Å². The van der Waals surface area contributed by atoms with Gasteiger partial charge in [0.2, 0.25) is 5.88 Å². The highest BCUT2D eigenvalue weighted by atomic mass is 19.1. The highest BCUT2D eigenvalue weighted by Crippen LogP contribution is 2.19. The van der Waals surface area contributed by atoms with Gasteiger partial charge in [0.05, 0.1) is 7.11 Å². The number of likely N-dealkylation sites (tertiary alicyclic amines) is 1. The molecule has 0 unspecified atom stereocenters. The van der Waals surface area contributed by atoms with Crippen LogP contribution in [0.4, 0.5) is 14.9 Å². The average molecular weight is 344 g/mol. The molecule has 1 aromatic carbocycles. The number of urea groups is 1. The molecule has 1 fully saturated rings. The molecule has 1 atom stereocenters. The number of anilines is 1. The summed E-state index contributed by atoms with van der Waals surface area (Å²) >= 11 is 0. The van der Waals surface area contributed by atoms with Crippen molar-refractivity contribution in [1.29, 1.82) is 0 Å². The highest BCUT2D eigenvalue weighted by molar-refractivity contribution is 5.89. The fourth-order valence-electron chi connectivity index (χ4n) is 2.95. The summed E-state index contributed by atoms with van der Waals surface area (Å²) in [5.74, 6) is 0.302. The molecule has 0 spiro atoms. The molecule has 0 bridgehead atoms. The number of benzene rings is 1. The van der Waals surface area contributed by atoms with Crippen molar-refractivity contribution in [2.45, 2.75) is 19.0 Å². The number of pyridine rings is 1. The van der Waals surface area contributed by atoms with Gasteiger partial charge in [-0.2, -0.15) is 0 Å². The van der Waals surface area contributed by atoms with Crippen molar-refractivity contribution in [3.8, 4) is 5.88 Å². The summed E-state index contributed by atoms with van der Waals surface area (Å²) < 4.78 is 18.2. The van der Waals surface area contributed by atoms with Crippen LogP contribution in [0.3, 0.4) is 0 Å². The van der Waals surface area contributed by atoms with Crippen molar-refractivity contribution in [1.82, 2.24) is 15.2 Å². The number of amides is 2. The normalized spacial score (nSPS) is 17.3. The van der Waals surface area contributed by atoms with Crippen molar-refractivity contribution in [3.05, 3.63) is 54.0 Å². The maximum absolute atomic E-state index is 12.9. The molecule has 2 aromatic rings. The van der Waals surface area contributed by atoms with Crippen LogP contribution in [-0.4, -0.2) is 42.2 Å². The Morgan fingerprint density at radius 3 is 2.92 bits per heavy atom. The summed E-state index contributed by atoms with van der Waals surface area (Å²) in [4.78, 5) is 18.5. The van der Waals surface area contributed by atoms with E-state index in [-0.39, 0.29) is 17.9 Å². The second kappa shape index (κ2) is 7.94. The second-order valence-corrected chi connectivity index (χ2v) is 6.00. The molecule has 3 rings (SSSR count). The zero-order chi connectivity index (χ0) is 17.6. The monoisotopic (exact) mass is 344 g/mol. The Morgan fingerprint density at radius 1 is 1.36 bits per heavy atom. The topological polar surface area (TPSA) is 66.5 Å². The van der Waals surface area contributed by atoms with Crippen molar-refractivity contribution < 1.29 is 13.9 Å². The van der Waals surface area contributed by atoms with E-state index in [2.05, 4.69) is 20.5 Å². The third kappa shape index (κ3) is 4.67. The van der Waals surface area contributed by atoms with Gasteiger partial charge in [-0.25, -0.2) is 14.2 Å². The Labute approximate surface area is 146 Å². The number of carbonyl (C=O) groups is 1. The molecule has 1 aliphatic heterocycles. The predicted octanol–water partition coefficient (Wildman–Crippen LogP) is 2.63. The number of rotatable bonds is 5. The maximum atomic E-state index is 12.9. The predicted molar refractivity (Wildman–Crippen MR) is 93.0 cm³/mol. The van der Waals surface area contributed by atoms with E-state index in [1.807, 2.05) is 12.1 Å². The second-order valence-electron chi connectivity index (χ2n) is 6.00. The van der Waals surface area contributed by atoms with Crippen LogP contribution in [0.1, 0.15) is 12.0 Å². The zero-order valence-corrected chi connectivity index (χ0v) is 14.0. The van der Waals surface area contributed by atoms with Gasteiger partial charge < -0.3 is 15.4 Å². The van der Waals surface area contributed by atoms with Crippen molar-refractivity contribution in [2.75, 3.05) is 25.5 Å². The van der Waals surface area contributed by atoms with Gasteiger partial charge in [-0.05, 0) is 36.8 Å². The number of nitrogens with zero attached hydrogens (tertiary/aromatic N) is 2. The third-order valence-electron chi connectivity index (χ3n) is 4.15. The molecule has 1 saturated heterocycles. The first-order valence-electron chi connectivity index (χ1n) is 8.17. The van der Waals surface area contributed by atoms with E-state index < -0.39 is 0 Å². The number of halogens is 1. The molecular formula is C18H21FN4O2. The molecule has 0 aliphatic carbocycles. The van der Waals surface area contributed by atoms with Crippen molar-refractivity contribution in [2.24, 2.45) is 0 Å². The fraction of sp³-hybridized carbons (Fsp3) is 0.333. The quantitative estimate of drug-likeness (QED) is 0.875. The molecule has 0 saturated carbocycles. The van der Waals surface area contributed by atoms with E-state index in [0.29, 0.717) is 11.6 Å². The SMILES string of the molecule is COc1ncccc1CN1CC[C@H](NC(=O)Nc2ccc(F)cc2)C1. The lowest BCUT2D eigenvalue weighted by atomic mass is 10.2. The first-order chi connectivity index (χ1) is 12.1. The highest BCUT2D eigenvalue weighted by Gasteiger charge is 2.24. The number of hydrogen-bond acceptors (Lipinski definition) is 4. The van der Waals surface area contributed by atoms with Crippen LogP contribution >= 0.6 is 0 Å². The minimum absolute atomic E-state index is 0.0723. The van der Waals surface area contributed by atoms with Gasteiger partial charge in [0.25, 0.3) is 0 Å². The molecule has 132 valence electrons. The molecule has 25 heavy (non-hydrogen) atoms. The molecular weight excluding hydrogens is 323 g/mol. The number of methoxy groups -OCH3 is 1. The van der Waals surface area contributed by atoms with E-state index in [1.165, 1.54) is 24.3 Å². The summed E-state index contributed by atoms with van der Waals surface area (Å²) in [6.45, 7) is 2.38. The van der Waals surface area contributed by atoms with E-state index >= 15 is 0 Å². The number of nitrogens with one attached hydrogen (secondary N) is 2. The lowest BCUT2D eigenvalue weighted by Crippen LogP contribution is -2.39. The summed E-state index contributed by atoms with van der Waals surface area (Å²) in [5.41, 5.74) is 1.59. The van der Waals surface area contributed by atoms with Crippen LogP contribution < -0.4 is 15.4 Å². The molecule has 2 amide bonds. The van der Waals surface area contributed by atoms with Gasteiger partial charge in [0.15, 0.2) is 0 Å². The lowest BCUT2D eigenvalue weighted by Gasteiger charge is -2.18. The fourth-order valence-corrected chi connectivity index (χ4v) is 2.95. The maximum Gasteiger partial charge on any atom is 0.319 e. The first kappa shape index (κ1) is 17.2. The minimum atomic E-state index is -0.330. The summed E-state index contributed by atoms with van der Waals surface area (Å²) in [6.07, 6.45) is 2.58. The van der Waals surface area contributed by atoms with Gasteiger partial charge in [-0.3, -0.25) is 4.90 Å². The number of hydrogen-bond donors (Lipinski definition) is 2. The largest absolute Gasteiger partial charge is 0.481 e. The van der Waals surface area contributed by atoms with Crippen LogP contribution in [0.2, 0.25) is 0 Å². The summed E-state index contributed by atoms with van der Waals surface area (Å²) in [6, 6.07) is 9.37. The average Bonchev–Trinajstić information content (AvgIpc) is 3.04. The molecule has 2 N–H and O–H groups in total. The van der Waals surface area contributed by atoms with Gasteiger partial charge >= 0.3 is 6.03 Å². The van der Waals surface area contributed by atoms with Crippen LogP contribution in [0.25, 0.3) is 0 Å². The van der Waals surface area contributed by atoms with Crippen molar-refractivity contribution >= 4 is 11.7 Å². The smallest absolute Gasteiger partial charge is 0.319 e. The van der Waals surface area contributed by atoms with Gasteiger partial charge in [0.1, 0.15) is 5.82 Å². The van der Waals surface area contributed by atoms with Crippen LogP contribution in [-0.2, 0) is 6.54 Å². The van der Waals surface area contributed by atoms with E-state index in [4.69, 9.17) is 4.74 Å². The number of aromatic nitrogens is 1. The summed E-state index contributed by atoms with van der Waals surface area (Å²) in [7, 11) is 1.61. The minimum Gasteiger partial charge on any atom is -0.481 e. The Morgan fingerprint density at radius 2 is 2.16 bits per heavy atom. The molecule has 1 aromatic heterocycles. The van der Waals surface area contributed by atoms with Gasteiger partial charge in [0, 0.05) is 43.1 Å². The molecule has 1 aliphatic rings. The Bertz CT molecular complexity index is 723. The molecule has 6 nitrogen and oxygen atoms in total. The molecule has 7 heteroatoms. The van der Waals surface area contributed by atoms with Crippen LogP contribution in [0, 0.1) is 5.82 Å². The Balaban J connectivity index is 1.49. The number of ether oxygens (including phenoxy) is 1. The van der Waals surface area contributed by atoms with Crippen LogP contribution in [0.5, 0.6) is 5.88 Å². The third-order valence-corrected chi connectivity index (χ3v) is 4.15. The van der Waals surface area contributed by atoms with E-state index in [9.17, 15) is 9.18 Å². The summed E-state index contributed by atoms with van der Waals surface area (Å²) in [5, 5.41) is 5.67. The van der Waals surface area contributed by atoms with Gasteiger partial charge in [-0.1, -0.05) is 6.07 Å². The van der Waals surface area contributed by atoms with E-state index in [0.717, 1.165) is 31.6 Å². The molecule has 2 heterocycles. The van der Waals surface area contributed by atoms with Crippen molar-refractivity contribution in [3.63, 3.8) is 0 Å². The molecule has 0 radical (unpaired) electrons. The Hall–Kier alpha value is -2.67. The van der Waals surface area contributed by atoms with Crippen LogP contribution in [0.15, 0.2) is 42.6 Å². The Kier molecular flexibility index (Phi) is 5.45. The van der Waals surface area contributed by atoms with E-state index in [1.54, 1.807) is 13.3 Å². The standard InChI is InChI=1S/C18H21FN4O2/c1-25-17-13(3-2-9-20-17)11-23-10-8-16(12-23)22-18(24)21-15-6-4-14(19)5-7-15/h2-7,9,16H,8,10-12H2,1H3,(H2,21,22,24)/t16-/m0/s1. The zero-order valence-electron chi connectivity index (χ0n) is 14.0. The number of carbonyl (C=O) groups excluding carboxylic acids is 1. The lowest BCUT2D eigenvalue weighted by molar-refractivity contribution is 0.247.